The van der Waals surface area contributed by atoms with Crippen molar-refractivity contribution < 1.29 is 4.79 Å². The predicted molar refractivity (Wildman–Crippen MR) is 67.8 cm³/mol. The Morgan fingerprint density at radius 1 is 1.41 bits per heavy atom. The second-order valence-corrected chi connectivity index (χ2v) is 5.12. The molecule has 0 radical (unpaired) electrons. The van der Waals surface area contributed by atoms with E-state index in [1.807, 2.05) is 31.2 Å². The lowest BCUT2D eigenvalue weighted by molar-refractivity contribution is 0.0958. The van der Waals surface area contributed by atoms with Crippen LogP contribution < -0.4 is 5.32 Å². The van der Waals surface area contributed by atoms with E-state index in [9.17, 15) is 4.79 Å². The monoisotopic (exact) mass is 230 g/mol. The Hall–Kier alpha value is -1.82. The maximum absolute atomic E-state index is 11.8. The zero-order valence-electron chi connectivity index (χ0n) is 10.8. The third-order valence-electron chi connectivity index (χ3n) is 2.68. The van der Waals surface area contributed by atoms with Crippen molar-refractivity contribution in [2.45, 2.75) is 33.1 Å². The van der Waals surface area contributed by atoms with Crippen LogP contribution in [0.1, 0.15) is 42.3 Å². The number of hydrogen-bond acceptors (Lipinski definition) is 2. The molecule has 1 amide bonds. The minimum absolute atomic E-state index is 0.0119. The summed E-state index contributed by atoms with van der Waals surface area (Å²) in [4.78, 5) is 11.8. The number of benzene rings is 1. The van der Waals surface area contributed by atoms with Crippen molar-refractivity contribution in [2.24, 2.45) is 0 Å². The third-order valence-corrected chi connectivity index (χ3v) is 2.68. The Morgan fingerprint density at radius 2 is 2.06 bits per heavy atom. The lowest BCUT2D eigenvalue weighted by Gasteiger charge is -2.20. The number of nitriles is 1. The zero-order chi connectivity index (χ0) is 13.1. The highest BCUT2D eigenvalue weighted by atomic mass is 16.1. The van der Waals surface area contributed by atoms with Crippen LogP contribution in [0.5, 0.6) is 0 Å². The van der Waals surface area contributed by atoms with Gasteiger partial charge < -0.3 is 5.32 Å². The van der Waals surface area contributed by atoms with Crippen molar-refractivity contribution in [1.82, 2.24) is 5.32 Å². The molecule has 0 aliphatic heterocycles. The second-order valence-electron chi connectivity index (χ2n) is 5.12. The van der Waals surface area contributed by atoms with E-state index in [2.05, 4.69) is 26.1 Å². The highest BCUT2D eigenvalue weighted by Crippen LogP contribution is 2.24. The number of carbonyl (C=O) groups excluding carboxylic acids is 1. The first-order chi connectivity index (χ1) is 7.86. The summed E-state index contributed by atoms with van der Waals surface area (Å²) in [6.07, 6.45) is 0. The van der Waals surface area contributed by atoms with E-state index >= 15 is 0 Å². The van der Waals surface area contributed by atoms with Gasteiger partial charge in [0, 0.05) is 5.56 Å². The van der Waals surface area contributed by atoms with E-state index < -0.39 is 0 Å². The molecule has 0 spiro atoms. The maximum Gasteiger partial charge on any atom is 0.252 e. The number of aryl methyl sites for hydroxylation is 1. The first-order valence-corrected chi connectivity index (χ1v) is 5.62. The molecule has 1 aromatic rings. The normalized spacial score (nSPS) is 10.8. The summed E-state index contributed by atoms with van der Waals surface area (Å²) < 4.78 is 0. The van der Waals surface area contributed by atoms with Gasteiger partial charge in [0.15, 0.2) is 0 Å². The standard InChI is InChI=1S/C14H18N2O/c1-10-5-6-11(14(2,3)4)9-12(10)13(17)16-8-7-15/h5-6,9H,8H2,1-4H3,(H,16,17). The second kappa shape index (κ2) is 5.01. The molecule has 1 aromatic carbocycles. The molecule has 1 N–H and O–H groups in total. The molecule has 3 heteroatoms. The summed E-state index contributed by atoms with van der Waals surface area (Å²) in [5.41, 5.74) is 2.70. The minimum atomic E-state index is -0.185. The van der Waals surface area contributed by atoms with Gasteiger partial charge in [0.05, 0.1) is 6.07 Å². The molecule has 0 aromatic heterocycles. The van der Waals surface area contributed by atoms with Crippen LogP contribution in [0.15, 0.2) is 18.2 Å². The first kappa shape index (κ1) is 13.2. The third kappa shape index (κ3) is 3.32. The van der Waals surface area contributed by atoms with Gasteiger partial charge in [0.2, 0.25) is 0 Å². The molecule has 17 heavy (non-hydrogen) atoms. The predicted octanol–water partition coefficient (Wildman–Crippen LogP) is 2.55. The number of carbonyl (C=O) groups is 1. The van der Waals surface area contributed by atoms with Gasteiger partial charge in [-0.25, -0.2) is 0 Å². The Labute approximate surface area is 102 Å². The van der Waals surface area contributed by atoms with Crippen LogP contribution in [-0.4, -0.2) is 12.5 Å². The summed E-state index contributed by atoms with van der Waals surface area (Å²) >= 11 is 0. The van der Waals surface area contributed by atoms with E-state index in [1.54, 1.807) is 0 Å². The molecular weight excluding hydrogens is 212 g/mol. The molecule has 90 valence electrons. The fourth-order valence-corrected chi connectivity index (χ4v) is 1.55. The van der Waals surface area contributed by atoms with Crippen LogP contribution >= 0.6 is 0 Å². The lowest BCUT2D eigenvalue weighted by Crippen LogP contribution is -2.25. The molecule has 0 bridgehead atoms. The van der Waals surface area contributed by atoms with Gasteiger partial charge in [0.1, 0.15) is 6.54 Å². The summed E-state index contributed by atoms with van der Waals surface area (Å²) in [6.45, 7) is 8.25. The minimum Gasteiger partial charge on any atom is -0.339 e. The number of amides is 1. The van der Waals surface area contributed by atoms with Crippen LogP contribution in [0, 0.1) is 18.3 Å². The molecule has 0 aliphatic carbocycles. The van der Waals surface area contributed by atoms with Crippen molar-refractivity contribution >= 4 is 5.91 Å². The summed E-state index contributed by atoms with van der Waals surface area (Å²) in [5, 5.41) is 11.0. The van der Waals surface area contributed by atoms with Crippen LogP contribution in [-0.2, 0) is 5.41 Å². The molecular formula is C14H18N2O. The van der Waals surface area contributed by atoms with E-state index in [-0.39, 0.29) is 17.9 Å². The fraction of sp³-hybridized carbons (Fsp3) is 0.429. The van der Waals surface area contributed by atoms with E-state index in [1.165, 1.54) is 0 Å². The Bertz CT molecular complexity index is 464. The van der Waals surface area contributed by atoms with Crippen LogP contribution in [0.25, 0.3) is 0 Å². The van der Waals surface area contributed by atoms with Crippen molar-refractivity contribution in [3.05, 3.63) is 34.9 Å². The van der Waals surface area contributed by atoms with Crippen molar-refractivity contribution in [3.8, 4) is 6.07 Å². The van der Waals surface area contributed by atoms with Crippen LogP contribution in [0.4, 0.5) is 0 Å². The molecule has 0 unspecified atom stereocenters. The summed E-state index contributed by atoms with van der Waals surface area (Å²) in [6, 6.07) is 7.79. The van der Waals surface area contributed by atoms with Crippen molar-refractivity contribution in [2.75, 3.05) is 6.54 Å². The molecule has 1 rings (SSSR count). The van der Waals surface area contributed by atoms with Crippen molar-refractivity contribution in [3.63, 3.8) is 0 Å². The fourth-order valence-electron chi connectivity index (χ4n) is 1.55. The molecule has 0 saturated heterocycles. The summed E-state index contributed by atoms with van der Waals surface area (Å²) in [7, 11) is 0. The SMILES string of the molecule is Cc1ccc(C(C)(C)C)cc1C(=O)NCC#N. The molecule has 0 atom stereocenters. The van der Waals surface area contributed by atoms with Gasteiger partial charge in [-0.2, -0.15) is 5.26 Å². The van der Waals surface area contributed by atoms with Crippen LogP contribution in [0.3, 0.4) is 0 Å². The molecule has 3 nitrogen and oxygen atoms in total. The van der Waals surface area contributed by atoms with Gasteiger partial charge in [-0.15, -0.1) is 0 Å². The maximum atomic E-state index is 11.8. The van der Waals surface area contributed by atoms with E-state index in [0.29, 0.717) is 5.56 Å². The quantitative estimate of drug-likeness (QED) is 0.794. The van der Waals surface area contributed by atoms with Crippen molar-refractivity contribution in [1.29, 1.82) is 5.26 Å². The number of hydrogen-bond donors (Lipinski definition) is 1. The zero-order valence-corrected chi connectivity index (χ0v) is 10.8. The smallest absolute Gasteiger partial charge is 0.252 e. The topological polar surface area (TPSA) is 52.9 Å². The van der Waals surface area contributed by atoms with E-state index in [0.717, 1.165) is 11.1 Å². The van der Waals surface area contributed by atoms with Gasteiger partial charge in [-0.3, -0.25) is 4.79 Å². The number of rotatable bonds is 2. The van der Waals surface area contributed by atoms with Gasteiger partial charge in [0.25, 0.3) is 5.91 Å². The highest BCUT2D eigenvalue weighted by Gasteiger charge is 2.17. The van der Waals surface area contributed by atoms with Gasteiger partial charge in [-0.05, 0) is 29.5 Å². The molecule has 0 aliphatic rings. The molecule has 0 saturated carbocycles. The number of nitrogens with one attached hydrogen (secondary N) is 1. The molecule has 0 heterocycles. The highest BCUT2D eigenvalue weighted by molar-refractivity contribution is 5.96. The van der Waals surface area contributed by atoms with Gasteiger partial charge >= 0.3 is 0 Å². The van der Waals surface area contributed by atoms with Crippen LogP contribution in [0.2, 0.25) is 0 Å². The Morgan fingerprint density at radius 3 is 2.59 bits per heavy atom. The lowest BCUT2D eigenvalue weighted by atomic mass is 9.85. The largest absolute Gasteiger partial charge is 0.339 e. The average molecular weight is 230 g/mol. The average Bonchev–Trinajstić information content (AvgIpc) is 2.24. The summed E-state index contributed by atoms with van der Waals surface area (Å²) in [5.74, 6) is -0.185. The Kier molecular flexibility index (Phi) is 3.90. The van der Waals surface area contributed by atoms with E-state index in [4.69, 9.17) is 5.26 Å². The molecule has 0 fully saturated rings. The Balaban J connectivity index is 3.07. The number of nitrogens with zero attached hydrogens (tertiary/aromatic N) is 1. The first-order valence-electron chi connectivity index (χ1n) is 5.62. The van der Waals surface area contributed by atoms with Gasteiger partial charge in [-0.1, -0.05) is 32.9 Å².